The van der Waals surface area contributed by atoms with Gasteiger partial charge in [-0.1, -0.05) is 30.3 Å². The summed E-state index contributed by atoms with van der Waals surface area (Å²) in [6.45, 7) is -0.161. The fraction of sp³-hybridized carbons (Fsp3) is 0.350. The molecule has 2 saturated heterocycles. The summed E-state index contributed by atoms with van der Waals surface area (Å²) < 4.78 is 10.3. The third-order valence-electron chi connectivity index (χ3n) is 5.01. The van der Waals surface area contributed by atoms with E-state index < -0.39 is 22.8 Å². The Hall–Kier alpha value is -2.74. The van der Waals surface area contributed by atoms with Crippen LogP contribution in [0.25, 0.3) is 0 Å². The molecule has 3 heterocycles. The first-order valence-electron chi connectivity index (χ1n) is 9.07. The first kappa shape index (κ1) is 18.6. The second-order valence-corrected chi connectivity index (χ2v) is 8.00. The molecule has 8 heteroatoms. The van der Waals surface area contributed by atoms with Crippen molar-refractivity contribution in [2.45, 2.75) is 30.3 Å². The third-order valence-corrected chi connectivity index (χ3v) is 6.61. The van der Waals surface area contributed by atoms with Gasteiger partial charge in [-0.15, -0.1) is 11.8 Å². The number of rotatable bonds is 6. The lowest BCUT2D eigenvalue weighted by Crippen LogP contribution is -2.47. The molecule has 2 aliphatic rings. The first-order valence-corrected chi connectivity index (χ1v) is 10.1. The number of carbonyl (C=O) groups is 3. The van der Waals surface area contributed by atoms with Crippen molar-refractivity contribution in [3.8, 4) is 0 Å². The molecule has 0 saturated carbocycles. The average molecular weight is 400 g/mol. The highest BCUT2D eigenvalue weighted by atomic mass is 32.2. The van der Waals surface area contributed by atoms with Crippen LogP contribution in [-0.2, 0) is 30.5 Å². The minimum Gasteiger partial charge on any atom is -0.467 e. The van der Waals surface area contributed by atoms with Gasteiger partial charge in [0.1, 0.15) is 16.7 Å². The van der Waals surface area contributed by atoms with Crippen molar-refractivity contribution in [1.82, 2.24) is 10.2 Å². The molecule has 146 valence electrons. The summed E-state index contributed by atoms with van der Waals surface area (Å²) in [5.41, 5.74) is 1.01. The number of esters is 1. The number of furan rings is 1. The van der Waals surface area contributed by atoms with Crippen molar-refractivity contribution in [3.63, 3.8) is 0 Å². The van der Waals surface area contributed by atoms with Gasteiger partial charge in [-0.3, -0.25) is 9.59 Å². The molecule has 0 aliphatic carbocycles. The lowest BCUT2D eigenvalue weighted by molar-refractivity contribution is -0.156. The average Bonchev–Trinajstić information content (AvgIpc) is 3.43. The normalized spacial score (nSPS) is 23.5. The van der Waals surface area contributed by atoms with Gasteiger partial charge in [-0.25, -0.2) is 4.79 Å². The van der Waals surface area contributed by atoms with Crippen molar-refractivity contribution in [2.24, 2.45) is 0 Å². The van der Waals surface area contributed by atoms with Gasteiger partial charge >= 0.3 is 5.97 Å². The zero-order valence-corrected chi connectivity index (χ0v) is 15.9. The summed E-state index contributed by atoms with van der Waals surface area (Å²) in [7, 11) is 0. The van der Waals surface area contributed by atoms with E-state index in [9.17, 15) is 14.4 Å². The molecule has 1 aromatic heterocycles. The molecule has 2 aromatic rings. The Bertz CT molecular complexity index is 870. The van der Waals surface area contributed by atoms with Crippen LogP contribution in [-0.4, -0.2) is 41.1 Å². The molecule has 0 radical (unpaired) electrons. The summed E-state index contributed by atoms with van der Waals surface area (Å²) in [5.74, 6) is 0.0412. The van der Waals surface area contributed by atoms with E-state index in [-0.39, 0.29) is 19.1 Å². The lowest BCUT2D eigenvalue weighted by Gasteiger charge is -2.33. The summed E-state index contributed by atoms with van der Waals surface area (Å²) >= 11 is 1.59. The maximum Gasteiger partial charge on any atom is 0.330 e. The van der Waals surface area contributed by atoms with Crippen LogP contribution in [0.3, 0.4) is 0 Å². The minimum atomic E-state index is -0.682. The fourth-order valence-electron chi connectivity index (χ4n) is 3.70. The van der Waals surface area contributed by atoms with Crippen LogP contribution in [0.5, 0.6) is 0 Å². The number of thioether (sulfide) groups is 1. The molecule has 7 nitrogen and oxygen atoms in total. The predicted molar refractivity (Wildman–Crippen MR) is 102 cm³/mol. The summed E-state index contributed by atoms with van der Waals surface area (Å²) in [6, 6.07) is 12.5. The molecular weight excluding hydrogens is 380 g/mol. The summed E-state index contributed by atoms with van der Waals surface area (Å²) in [4.78, 5) is 38.2. The van der Waals surface area contributed by atoms with Crippen molar-refractivity contribution >= 4 is 29.5 Å². The zero-order chi connectivity index (χ0) is 19.6. The van der Waals surface area contributed by atoms with E-state index in [4.69, 9.17) is 9.15 Å². The Kier molecular flexibility index (Phi) is 5.13. The Morgan fingerprint density at radius 3 is 2.82 bits per heavy atom. The Morgan fingerprint density at radius 1 is 1.25 bits per heavy atom. The van der Waals surface area contributed by atoms with E-state index in [1.807, 2.05) is 30.3 Å². The van der Waals surface area contributed by atoms with E-state index in [1.54, 1.807) is 28.8 Å². The number of benzene rings is 1. The van der Waals surface area contributed by atoms with E-state index in [2.05, 4.69) is 5.32 Å². The molecule has 2 aliphatic heterocycles. The molecule has 0 spiro atoms. The minimum absolute atomic E-state index is 0.0573. The zero-order valence-electron chi connectivity index (χ0n) is 15.1. The van der Waals surface area contributed by atoms with Crippen molar-refractivity contribution < 1.29 is 23.5 Å². The van der Waals surface area contributed by atoms with Crippen molar-refractivity contribution in [3.05, 3.63) is 60.1 Å². The number of ether oxygens (including phenoxy) is 1. The maximum absolute atomic E-state index is 12.6. The van der Waals surface area contributed by atoms with Crippen LogP contribution < -0.4 is 5.32 Å². The Morgan fingerprint density at radius 2 is 2.07 bits per heavy atom. The smallest absolute Gasteiger partial charge is 0.330 e. The number of hydrogen-bond donors (Lipinski definition) is 1. The van der Waals surface area contributed by atoms with Crippen LogP contribution in [0.15, 0.2) is 53.1 Å². The second kappa shape index (κ2) is 7.71. The number of nitrogens with zero attached hydrogens (tertiary/aromatic N) is 1. The van der Waals surface area contributed by atoms with Gasteiger partial charge in [0, 0.05) is 12.2 Å². The summed E-state index contributed by atoms with van der Waals surface area (Å²) in [6.07, 6.45) is 2.58. The van der Waals surface area contributed by atoms with Gasteiger partial charge in [-0.2, -0.15) is 0 Å². The molecular formula is C20H20N2O5S. The summed E-state index contributed by atoms with van der Waals surface area (Å²) in [5, 5.41) is 2.62. The van der Waals surface area contributed by atoms with Gasteiger partial charge in [0.2, 0.25) is 5.91 Å². The number of amides is 2. The van der Waals surface area contributed by atoms with Gasteiger partial charge in [-0.05, 0) is 24.1 Å². The number of hydrogen-bond acceptors (Lipinski definition) is 6. The van der Waals surface area contributed by atoms with E-state index in [1.165, 1.54) is 6.26 Å². The second-order valence-electron chi connectivity index (χ2n) is 6.70. The lowest BCUT2D eigenvalue weighted by atomic mass is 10.0. The highest BCUT2D eigenvalue weighted by molar-refractivity contribution is 8.00. The number of carbonyl (C=O) groups excluding carboxylic acids is 3. The van der Waals surface area contributed by atoms with Gasteiger partial charge in [0.15, 0.2) is 6.61 Å². The van der Waals surface area contributed by atoms with Gasteiger partial charge in [0.05, 0.1) is 12.8 Å². The topological polar surface area (TPSA) is 88.9 Å². The van der Waals surface area contributed by atoms with Crippen LogP contribution >= 0.6 is 11.8 Å². The molecule has 28 heavy (non-hydrogen) atoms. The van der Waals surface area contributed by atoms with E-state index in [0.717, 1.165) is 5.56 Å². The predicted octanol–water partition coefficient (Wildman–Crippen LogP) is 2.03. The Balaban J connectivity index is 1.38. The highest BCUT2D eigenvalue weighted by Crippen LogP contribution is 2.54. The molecule has 2 amide bonds. The molecule has 4 rings (SSSR count). The van der Waals surface area contributed by atoms with Crippen molar-refractivity contribution in [2.75, 3.05) is 12.4 Å². The van der Waals surface area contributed by atoms with Crippen LogP contribution in [0.1, 0.15) is 24.2 Å². The van der Waals surface area contributed by atoms with Crippen LogP contribution in [0.2, 0.25) is 0 Å². The standard InChI is InChI=1S/C20H20N2O5S/c23-17(21-11-15-7-4-10-26-15)12-27-19(25)16-13-28-20(9-8-18(24)22(16)20)14-5-2-1-3-6-14/h1-7,10,16H,8-9,11-13H2,(H,21,23)/t16-,20-/m0/s1. The molecule has 1 N–H and O–H groups in total. The third kappa shape index (κ3) is 3.40. The number of nitrogens with one attached hydrogen (secondary N) is 1. The SMILES string of the molecule is O=C(COC(=O)[C@@H]1CS[C@]2(c3ccccc3)CCC(=O)N12)NCc1ccco1. The fourth-order valence-corrected chi connectivity index (χ4v) is 5.33. The Labute approximate surface area is 166 Å². The molecule has 0 bridgehead atoms. The van der Waals surface area contributed by atoms with Crippen LogP contribution in [0.4, 0.5) is 0 Å². The largest absolute Gasteiger partial charge is 0.467 e. The van der Waals surface area contributed by atoms with E-state index in [0.29, 0.717) is 24.4 Å². The molecule has 0 unspecified atom stereocenters. The van der Waals surface area contributed by atoms with E-state index >= 15 is 0 Å². The monoisotopic (exact) mass is 400 g/mol. The highest BCUT2D eigenvalue weighted by Gasteiger charge is 2.57. The quantitative estimate of drug-likeness (QED) is 0.747. The van der Waals surface area contributed by atoms with Crippen molar-refractivity contribution in [1.29, 1.82) is 0 Å². The van der Waals surface area contributed by atoms with Crippen LogP contribution in [0, 0.1) is 0 Å². The molecule has 2 atom stereocenters. The van der Waals surface area contributed by atoms with Gasteiger partial charge < -0.3 is 19.4 Å². The molecule has 2 fully saturated rings. The molecule has 1 aromatic carbocycles. The maximum atomic E-state index is 12.6. The van der Waals surface area contributed by atoms with Gasteiger partial charge in [0.25, 0.3) is 5.91 Å². The number of fused-ring (bicyclic) bond motifs is 1. The first-order chi connectivity index (χ1) is 13.6.